The Morgan fingerprint density at radius 3 is 2.78 bits per heavy atom. The van der Waals surface area contributed by atoms with Crippen molar-refractivity contribution in [1.82, 2.24) is 19.3 Å². The van der Waals surface area contributed by atoms with Gasteiger partial charge < -0.3 is 25.3 Å². The molecule has 0 spiro atoms. The molecule has 166 valence electrons. The summed E-state index contributed by atoms with van der Waals surface area (Å²) < 4.78 is 23.5. The first-order chi connectivity index (χ1) is 15.0. The van der Waals surface area contributed by atoms with Crippen LogP contribution >= 0.6 is 0 Å². The number of carbonyl (C=O) groups is 1. The van der Waals surface area contributed by atoms with Gasteiger partial charge in [-0.05, 0) is 19.9 Å². The third-order valence-electron chi connectivity index (χ3n) is 4.93. The number of hydrogen-bond acceptors (Lipinski definition) is 6. The van der Waals surface area contributed by atoms with Crippen molar-refractivity contribution in [3.05, 3.63) is 52.9 Å². The molecule has 1 aliphatic rings. The van der Waals surface area contributed by atoms with Gasteiger partial charge in [0.1, 0.15) is 35.7 Å². The molecular weight excluding hydrogens is 417 g/mol. The van der Waals surface area contributed by atoms with E-state index in [1.165, 1.54) is 36.9 Å². The average Bonchev–Trinajstić information content (AvgIpc) is 3.26. The lowest BCUT2D eigenvalue weighted by Crippen LogP contribution is -2.19. The van der Waals surface area contributed by atoms with Gasteiger partial charge in [-0.25, -0.2) is 9.37 Å². The topological polar surface area (TPSA) is 128 Å². The summed E-state index contributed by atoms with van der Waals surface area (Å²) in [4.78, 5) is 16.6. The predicted octanol–water partition coefficient (Wildman–Crippen LogP) is 1.12. The molecule has 2 aromatic heterocycles. The number of nitrogens with two attached hydrogens (primary N) is 1. The van der Waals surface area contributed by atoms with Gasteiger partial charge in [-0.1, -0.05) is 11.8 Å². The first-order valence-corrected chi connectivity index (χ1v) is 9.84. The van der Waals surface area contributed by atoms with Crippen molar-refractivity contribution in [2.24, 2.45) is 12.8 Å². The Morgan fingerprint density at radius 1 is 1.41 bits per heavy atom. The summed E-state index contributed by atoms with van der Waals surface area (Å²) in [6.07, 6.45) is 1.89. The maximum absolute atomic E-state index is 14.6. The molecule has 3 heterocycles. The Kier molecular flexibility index (Phi) is 5.24. The van der Waals surface area contributed by atoms with Crippen molar-refractivity contribution in [3.8, 4) is 29.0 Å². The van der Waals surface area contributed by atoms with Gasteiger partial charge in [-0.2, -0.15) is 5.10 Å². The number of imidazole rings is 1. The van der Waals surface area contributed by atoms with Crippen molar-refractivity contribution in [2.45, 2.75) is 32.1 Å². The van der Waals surface area contributed by atoms with Gasteiger partial charge in [0.2, 0.25) is 0 Å². The molecule has 3 aromatic rings. The molecule has 1 atom stereocenters. The third-order valence-corrected chi connectivity index (χ3v) is 4.93. The molecule has 4 rings (SSSR count). The second kappa shape index (κ2) is 7.78. The number of hydrogen-bond donors (Lipinski definition) is 3. The number of aryl methyl sites for hydroxylation is 1. The smallest absolute Gasteiger partial charge is 0.269 e. The summed E-state index contributed by atoms with van der Waals surface area (Å²) in [5.41, 5.74) is 5.23. The number of carbonyl (C=O) groups excluding carboxylic acids is 1. The second-order valence-corrected chi connectivity index (χ2v) is 8.02. The number of halogens is 1. The number of amides is 1. The van der Waals surface area contributed by atoms with Gasteiger partial charge in [0, 0.05) is 24.9 Å². The fourth-order valence-electron chi connectivity index (χ4n) is 3.51. The van der Waals surface area contributed by atoms with Crippen LogP contribution in [0.4, 0.5) is 4.39 Å². The molecular formula is C22H22FN5O4. The Balaban J connectivity index is 1.92. The minimum atomic E-state index is -1.31. The number of aliphatic hydroxyl groups excluding tert-OH is 1. The number of nitrogens with zero attached hydrogens (tertiary/aromatic N) is 4. The van der Waals surface area contributed by atoms with E-state index < -0.39 is 23.4 Å². The number of aromatic nitrogens is 4. The first kappa shape index (κ1) is 21.5. The van der Waals surface area contributed by atoms with E-state index in [1.54, 1.807) is 17.8 Å². The summed E-state index contributed by atoms with van der Waals surface area (Å²) in [6, 6.07) is 2.63. The molecule has 10 heteroatoms. The third kappa shape index (κ3) is 3.95. The zero-order chi connectivity index (χ0) is 23.2. The normalized spacial score (nSPS) is 13.8. The van der Waals surface area contributed by atoms with E-state index in [0.29, 0.717) is 11.1 Å². The summed E-state index contributed by atoms with van der Waals surface area (Å²) in [7, 11) is 1.71. The van der Waals surface area contributed by atoms with Gasteiger partial charge in [-0.15, -0.1) is 0 Å². The van der Waals surface area contributed by atoms with E-state index in [1.807, 2.05) is 0 Å². The summed E-state index contributed by atoms with van der Waals surface area (Å²) >= 11 is 0. The highest BCUT2D eigenvalue weighted by atomic mass is 19.1. The quantitative estimate of drug-likeness (QED) is 0.525. The molecule has 0 saturated heterocycles. The van der Waals surface area contributed by atoms with Crippen molar-refractivity contribution in [2.75, 3.05) is 6.61 Å². The fraction of sp³-hybridized carbons (Fsp3) is 0.318. The Hall–Kier alpha value is -3.68. The fourth-order valence-corrected chi connectivity index (χ4v) is 3.51. The average molecular weight is 439 g/mol. The van der Waals surface area contributed by atoms with E-state index in [-0.39, 0.29) is 41.7 Å². The molecule has 0 radical (unpaired) electrons. The summed E-state index contributed by atoms with van der Waals surface area (Å²) in [6.45, 7) is 3.36. The molecule has 0 aliphatic carbocycles. The number of ether oxygens (including phenoxy) is 1. The lowest BCUT2D eigenvalue weighted by molar-refractivity contribution is 0.0989. The molecule has 0 unspecified atom stereocenters. The number of aliphatic hydroxyl groups is 2. The van der Waals surface area contributed by atoms with Crippen LogP contribution in [0.1, 0.15) is 47.3 Å². The molecule has 0 fully saturated rings. The van der Waals surface area contributed by atoms with E-state index >= 15 is 0 Å². The number of benzene rings is 1. The van der Waals surface area contributed by atoms with Crippen LogP contribution in [-0.4, -0.2) is 47.7 Å². The van der Waals surface area contributed by atoms with Crippen LogP contribution < -0.4 is 10.5 Å². The number of primary amides is 1. The standard InChI is InChI=1S/C22H22FN5O4/c1-22(2,31)5-4-12-8-14-16(9-15(12)23)32-7-6-28-18(17(20(24)30)26-21(14)28)19(29)13-10-25-27(3)11-13/h8-11,19,29,31H,6-7H2,1-3H3,(H2,24,30)/t19-/m1/s1. The molecule has 0 bridgehead atoms. The molecule has 1 amide bonds. The zero-order valence-corrected chi connectivity index (χ0v) is 17.8. The highest BCUT2D eigenvalue weighted by Crippen LogP contribution is 2.37. The van der Waals surface area contributed by atoms with E-state index in [4.69, 9.17) is 10.5 Å². The van der Waals surface area contributed by atoms with Crippen LogP contribution in [0.5, 0.6) is 5.75 Å². The molecule has 0 saturated carbocycles. The molecule has 32 heavy (non-hydrogen) atoms. The van der Waals surface area contributed by atoms with Gasteiger partial charge >= 0.3 is 0 Å². The zero-order valence-electron chi connectivity index (χ0n) is 17.8. The Bertz CT molecular complexity index is 1280. The van der Waals surface area contributed by atoms with Crippen molar-refractivity contribution in [1.29, 1.82) is 0 Å². The van der Waals surface area contributed by atoms with Gasteiger partial charge in [0.25, 0.3) is 5.91 Å². The summed E-state index contributed by atoms with van der Waals surface area (Å²) in [5, 5.41) is 24.9. The Labute approximate surface area is 183 Å². The van der Waals surface area contributed by atoms with E-state index in [0.717, 1.165) is 0 Å². The monoisotopic (exact) mass is 439 g/mol. The molecule has 1 aliphatic heterocycles. The largest absolute Gasteiger partial charge is 0.491 e. The SMILES string of the molecule is Cn1cc([C@@H](O)c2c(C(N)=O)nc3n2CCOc2cc(F)c(C#CC(C)(C)O)cc2-3)cn1. The van der Waals surface area contributed by atoms with Crippen LogP contribution in [0.3, 0.4) is 0 Å². The molecule has 1 aromatic carbocycles. The molecule has 4 N–H and O–H groups in total. The van der Waals surface area contributed by atoms with Crippen molar-refractivity contribution < 1.29 is 24.1 Å². The van der Waals surface area contributed by atoms with Gasteiger partial charge in [0.05, 0.1) is 29.6 Å². The van der Waals surface area contributed by atoms with Gasteiger partial charge in [0.15, 0.2) is 5.69 Å². The summed E-state index contributed by atoms with van der Waals surface area (Å²) in [5.74, 6) is 4.29. The van der Waals surface area contributed by atoms with E-state index in [9.17, 15) is 19.4 Å². The second-order valence-electron chi connectivity index (χ2n) is 8.02. The van der Waals surface area contributed by atoms with Crippen LogP contribution in [0, 0.1) is 17.7 Å². The number of rotatable bonds is 3. The maximum atomic E-state index is 14.6. The Morgan fingerprint density at radius 2 is 2.16 bits per heavy atom. The van der Waals surface area contributed by atoms with Crippen LogP contribution in [-0.2, 0) is 13.6 Å². The maximum Gasteiger partial charge on any atom is 0.269 e. The van der Waals surface area contributed by atoms with Crippen molar-refractivity contribution >= 4 is 5.91 Å². The minimum Gasteiger partial charge on any atom is -0.491 e. The lowest BCUT2D eigenvalue weighted by atomic mass is 10.1. The van der Waals surface area contributed by atoms with Crippen molar-refractivity contribution in [3.63, 3.8) is 0 Å². The first-order valence-electron chi connectivity index (χ1n) is 9.84. The van der Waals surface area contributed by atoms with Crippen LogP contribution in [0.2, 0.25) is 0 Å². The van der Waals surface area contributed by atoms with Crippen LogP contribution in [0.15, 0.2) is 24.5 Å². The highest BCUT2D eigenvalue weighted by molar-refractivity contribution is 5.93. The molecule has 9 nitrogen and oxygen atoms in total. The minimum absolute atomic E-state index is 0.0286. The van der Waals surface area contributed by atoms with Crippen LogP contribution in [0.25, 0.3) is 11.4 Å². The highest BCUT2D eigenvalue weighted by Gasteiger charge is 2.31. The van der Waals surface area contributed by atoms with E-state index in [2.05, 4.69) is 21.9 Å². The van der Waals surface area contributed by atoms with Gasteiger partial charge in [-0.3, -0.25) is 9.48 Å². The predicted molar refractivity (Wildman–Crippen MR) is 112 cm³/mol. The number of fused-ring (bicyclic) bond motifs is 3. The lowest BCUT2D eigenvalue weighted by Gasteiger charge is -2.14.